The van der Waals surface area contributed by atoms with E-state index in [-0.39, 0.29) is 23.0 Å². The third-order valence-corrected chi connectivity index (χ3v) is 1.70. The van der Waals surface area contributed by atoms with Crippen molar-refractivity contribution >= 4 is 0 Å². The molecule has 4 heteroatoms. The highest BCUT2D eigenvalue weighted by Crippen LogP contribution is 2.13. The first-order chi connectivity index (χ1) is 8.99. The summed E-state index contributed by atoms with van der Waals surface area (Å²) in [5.74, 6) is 0.677. The average Bonchev–Trinajstić information content (AvgIpc) is 2.38. The number of aromatic hydroxyl groups is 4. The summed E-state index contributed by atoms with van der Waals surface area (Å²) >= 11 is 0. The molecule has 2 aromatic carbocycles. The van der Waals surface area contributed by atoms with Gasteiger partial charge in [0.25, 0.3) is 0 Å². The fourth-order valence-corrected chi connectivity index (χ4v) is 0.905. The summed E-state index contributed by atoms with van der Waals surface area (Å²) in [7, 11) is 0. The third-order valence-electron chi connectivity index (χ3n) is 1.70. The Bertz CT molecular complexity index is 349. The van der Waals surface area contributed by atoms with Gasteiger partial charge in [0.2, 0.25) is 0 Å². The number of benzene rings is 2. The van der Waals surface area contributed by atoms with Crippen molar-refractivity contribution in [3.05, 3.63) is 48.5 Å². The van der Waals surface area contributed by atoms with Gasteiger partial charge in [0, 0.05) is 0 Å². The molecule has 4 nitrogen and oxygen atoms in total. The molecular weight excluding hydrogens is 244 g/mol. The second kappa shape index (κ2) is 9.65. The van der Waals surface area contributed by atoms with E-state index in [2.05, 4.69) is 13.8 Å². The molecule has 19 heavy (non-hydrogen) atoms. The van der Waals surface area contributed by atoms with Gasteiger partial charge >= 0.3 is 0 Å². The van der Waals surface area contributed by atoms with Crippen LogP contribution >= 0.6 is 0 Å². The Kier molecular flexibility index (Phi) is 8.45. The average molecular weight is 264 g/mol. The first kappa shape index (κ1) is 16.6. The van der Waals surface area contributed by atoms with Crippen LogP contribution in [0.5, 0.6) is 23.0 Å². The first-order valence-electron chi connectivity index (χ1n) is 5.95. The van der Waals surface area contributed by atoms with Gasteiger partial charge in [-0.2, -0.15) is 0 Å². The summed E-state index contributed by atoms with van der Waals surface area (Å²) < 4.78 is 0. The van der Waals surface area contributed by atoms with Crippen LogP contribution in [0.2, 0.25) is 0 Å². The fourth-order valence-electron chi connectivity index (χ4n) is 0.905. The van der Waals surface area contributed by atoms with E-state index in [0.29, 0.717) is 0 Å². The van der Waals surface area contributed by atoms with Gasteiger partial charge in [0.1, 0.15) is 23.0 Å². The molecule has 0 aliphatic heterocycles. The van der Waals surface area contributed by atoms with Gasteiger partial charge < -0.3 is 20.4 Å². The maximum absolute atomic E-state index is 8.65. The van der Waals surface area contributed by atoms with Crippen molar-refractivity contribution in [1.29, 1.82) is 0 Å². The summed E-state index contributed by atoms with van der Waals surface area (Å²) in [6.45, 7) is 4.25. The number of rotatable bonds is 0. The minimum Gasteiger partial charge on any atom is -0.508 e. The highest BCUT2D eigenvalue weighted by atomic mass is 16.3. The molecular formula is C15H20O4. The standard InChI is InChI=1S/2C6H6O2.C3H8/c2*7-5-1-2-6(8)4-3-5;1-3-2/h2*1-4,7-8H;3H2,1-2H3. The lowest BCUT2D eigenvalue weighted by Crippen LogP contribution is -1.61. The molecule has 104 valence electrons. The van der Waals surface area contributed by atoms with Crippen molar-refractivity contribution in [2.45, 2.75) is 20.3 Å². The van der Waals surface area contributed by atoms with E-state index in [1.165, 1.54) is 55.0 Å². The third kappa shape index (κ3) is 9.35. The van der Waals surface area contributed by atoms with E-state index < -0.39 is 0 Å². The topological polar surface area (TPSA) is 80.9 Å². The summed E-state index contributed by atoms with van der Waals surface area (Å²) in [5, 5.41) is 34.6. The predicted molar refractivity (Wildman–Crippen MR) is 75.5 cm³/mol. The smallest absolute Gasteiger partial charge is 0.115 e. The van der Waals surface area contributed by atoms with Crippen LogP contribution in [0.4, 0.5) is 0 Å². The summed E-state index contributed by atoms with van der Waals surface area (Å²) in [6, 6.07) is 11.4. The van der Waals surface area contributed by atoms with Gasteiger partial charge in [-0.3, -0.25) is 0 Å². The lowest BCUT2D eigenvalue weighted by molar-refractivity contribution is 0.460. The Morgan fingerprint density at radius 1 is 0.526 bits per heavy atom. The Hall–Kier alpha value is -2.36. The minimum atomic E-state index is 0.169. The zero-order valence-corrected chi connectivity index (χ0v) is 11.1. The van der Waals surface area contributed by atoms with Gasteiger partial charge in [0.15, 0.2) is 0 Å². The summed E-state index contributed by atoms with van der Waals surface area (Å²) in [5.41, 5.74) is 0. The molecule has 2 aromatic rings. The Balaban J connectivity index is 0.000000284. The maximum Gasteiger partial charge on any atom is 0.115 e. The van der Waals surface area contributed by atoms with E-state index in [4.69, 9.17) is 20.4 Å². The fraction of sp³-hybridized carbons (Fsp3) is 0.200. The predicted octanol–water partition coefficient (Wildman–Crippen LogP) is 3.61. The molecule has 0 spiro atoms. The molecule has 0 saturated carbocycles. The molecule has 0 heterocycles. The van der Waals surface area contributed by atoms with Crippen molar-refractivity contribution in [3.63, 3.8) is 0 Å². The second-order valence-electron chi connectivity index (χ2n) is 3.74. The molecule has 0 amide bonds. The highest BCUT2D eigenvalue weighted by Gasteiger charge is 1.84. The van der Waals surface area contributed by atoms with E-state index in [1.807, 2.05) is 0 Å². The monoisotopic (exact) mass is 264 g/mol. The van der Waals surface area contributed by atoms with Crippen LogP contribution in [-0.4, -0.2) is 20.4 Å². The zero-order valence-electron chi connectivity index (χ0n) is 11.1. The SMILES string of the molecule is CCC.Oc1ccc(O)cc1.Oc1ccc(O)cc1. The van der Waals surface area contributed by atoms with Crippen LogP contribution in [-0.2, 0) is 0 Å². The van der Waals surface area contributed by atoms with Crippen molar-refractivity contribution in [1.82, 2.24) is 0 Å². The highest BCUT2D eigenvalue weighted by molar-refractivity contribution is 5.29. The first-order valence-corrected chi connectivity index (χ1v) is 5.95. The molecule has 0 aliphatic carbocycles. The largest absolute Gasteiger partial charge is 0.508 e. The van der Waals surface area contributed by atoms with Crippen LogP contribution in [0, 0.1) is 0 Å². The van der Waals surface area contributed by atoms with Crippen LogP contribution in [0.1, 0.15) is 20.3 Å². The molecule has 0 radical (unpaired) electrons. The molecule has 0 aliphatic rings. The number of hydrogen-bond acceptors (Lipinski definition) is 4. The minimum absolute atomic E-state index is 0.169. The van der Waals surface area contributed by atoms with Crippen LogP contribution in [0.3, 0.4) is 0 Å². The van der Waals surface area contributed by atoms with Crippen molar-refractivity contribution in [3.8, 4) is 23.0 Å². The molecule has 0 fully saturated rings. The van der Waals surface area contributed by atoms with E-state index >= 15 is 0 Å². The van der Waals surface area contributed by atoms with Crippen molar-refractivity contribution in [2.75, 3.05) is 0 Å². The quantitative estimate of drug-likeness (QED) is 0.548. The van der Waals surface area contributed by atoms with Crippen LogP contribution in [0.15, 0.2) is 48.5 Å². The maximum atomic E-state index is 8.65. The Morgan fingerprint density at radius 2 is 0.632 bits per heavy atom. The number of phenolic OH excluding ortho intramolecular Hbond substituents is 4. The van der Waals surface area contributed by atoms with Gasteiger partial charge in [0.05, 0.1) is 0 Å². The van der Waals surface area contributed by atoms with Gasteiger partial charge in [-0.15, -0.1) is 0 Å². The van der Waals surface area contributed by atoms with E-state index in [0.717, 1.165) is 0 Å². The molecule has 0 unspecified atom stereocenters. The van der Waals surface area contributed by atoms with Crippen molar-refractivity contribution < 1.29 is 20.4 Å². The molecule has 0 bridgehead atoms. The molecule has 4 N–H and O–H groups in total. The van der Waals surface area contributed by atoms with Crippen molar-refractivity contribution in [2.24, 2.45) is 0 Å². The number of phenols is 4. The Morgan fingerprint density at radius 3 is 0.737 bits per heavy atom. The molecule has 2 rings (SSSR count). The van der Waals surface area contributed by atoms with Crippen LogP contribution in [0.25, 0.3) is 0 Å². The lowest BCUT2D eigenvalue weighted by Gasteiger charge is -1.88. The Labute approximate surface area is 113 Å². The van der Waals surface area contributed by atoms with Gasteiger partial charge in [-0.25, -0.2) is 0 Å². The lowest BCUT2D eigenvalue weighted by atomic mass is 10.3. The molecule has 0 atom stereocenters. The van der Waals surface area contributed by atoms with E-state index in [1.54, 1.807) is 0 Å². The van der Waals surface area contributed by atoms with Crippen LogP contribution < -0.4 is 0 Å². The molecule has 0 aromatic heterocycles. The molecule has 0 saturated heterocycles. The zero-order chi connectivity index (χ0) is 14.7. The van der Waals surface area contributed by atoms with E-state index in [9.17, 15) is 0 Å². The van der Waals surface area contributed by atoms with Gasteiger partial charge in [-0.05, 0) is 48.5 Å². The van der Waals surface area contributed by atoms with Gasteiger partial charge in [-0.1, -0.05) is 20.3 Å². The summed E-state index contributed by atoms with van der Waals surface area (Å²) in [4.78, 5) is 0. The second-order valence-corrected chi connectivity index (χ2v) is 3.74. The normalized spacial score (nSPS) is 8.53. The summed E-state index contributed by atoms with van der Waals surface area (Å²) in [6.07, 6.45) is 1.25. The number of hydrogen-bond donors (Lipinski definition) is 4.